The minimum atomic E-state index is -0.812. The summed E-state index contributed by atoms with van der Waals surface area (Å²) in [6.07, 6.45) is 1.53. The van der Waals surface area contributed by atoms with Crippen molar-refractivity contribution in [3.8, 4) is 0 Å². The molecule has 0 aliphatic carbocycles. The third kappa shape index (κ3) is 4.27. The molecule has 8 nitrogen and oxygen atoms in total. The largest absolute Gasteiger partial charge is 0.368 e. The van der Waals surface area contributed by atoms with Crippen molar-refractivity contribution in [1.82, 2.24) is 20.1 Å². The van der Waals surface area contributed by atoms with Gasteiger partial charge in [0.1, 0.15) is 11.7 Å². The zero-order chi connectivity index (χ0) is 20.9. The van der Waals surface area contributed by atoms with Crippen LogP contribution < -0.4 is 10.2 Å². The predicted molar refractivity (Wildman–Crippen MR) is 112 cm³/mol. The van der Waals surface area contributed by atoms with E-state index in [0.717, 1.165) is 18.8 Å². The third-order valence-corrected chi connectivity index (χ3v) is 5.60. The number of para-hydroxylation sites is 1. The Balaban J connectivity index is 1.39. The smallest absolute Gasteiger partial charge is 0.273 e. The second-order valence-electron chi connectivity index (χ2n) is 7.43. The number of carbonyl (C=O) groups excluding carboxylic acids is 3. The Morgan fingerprint density at radius 2 is 1.70 bits per heavy atom. The molecule has 1 aromatic carbocycles. The van der Waals surface area contributed by atoms with Crippen LogP contribution in [0.4, 0.5) is 5.69 Å². The lowest BCUT2D eigenvalue weighted by Crippen LogP contribution is -2.59. The fourth-order valence-electron chi connectivity index (χ4n) is 3.94. The maximum Gasteiger partial charge on any atom is 0.273 e. The number of anilines is 1. The summed E-state index contributed by atoms with van der Waals surface area (Å²) in [4.78, 5) is 47.9. The minimum absolute atomic E-state index is 0.0181. The Morgan fingerprint density at radius 3 is 2.40 bits per heavy atom. The lowest BCUT2D eigenvalue weighted by molar-refractivity contribution is -0.138. The molecule has 0 bridgehead atoms. The number of aromatic nitrogens is 1. The van der Waals surface area contributed by atoms with Crippen molar-refractivity contribution in [3.63, 3.8) is 0 Å². The number of pyridine rings is 1. The van der Waals surface area contributed by atoms with Gasteiger partial charge in [-0.1, -0.05) is 24.3 Å². The van der Waals surface area contributed by atoms with Crippen LogP contribution in [0.25, 0.3) is 0 Å². The summed E-state index contributed by atoms with van der Waals surface area (Å²) in [5, 5.41) is 2.77. The Hall–Kier alpha value is -3.42. The third-order valence-electron chi connectivity index (χ3n) is 5.60. The van der Waals surface area contributed by atoms with Crippen molar-refractivity contribution in [2.45, 2.75) is 12.5 Å². The van der Waals surface area contributed by atoms with E-state index in [9.17, 15) is 14.4 Å². The molecule has 2 saturated heterocycles. The van der Waals surface area contributed by atoms with Crippen molar-refractivity contribution in [1.29, 1.82) is 0 Å². The molecule has 156 valence electrons. The first kappa shape index (κ1) is 19.9. The van der Waals surface area contributed by atoms with Gasteiger partial charge in [-0.25, -0.2) is 0 Å². The maximum absolute atomic E-state index is 12.9. The Labute approximate surface area is 175 Å². The second-order valence-corrected chi connectivity index (χ2v) is 7.43. The van der Waals surface area contributed by atoms with E-state index in [1.807, 2.05) is 18.2 Å². The van der Waals surface area contributed by atoms with Crippen LogP contribution in [-0.2, 0) is 9.59 Å². The molecule has 30 heavy (non-hydrogen) atoms. The summed E-state index contributed by atoms with van der Waals surface area (Å²) in [6.45, 7) is 3.40. The van der Waals surface area contributed by atoms with Crippen molar-refractivity contribution in [2.75, 3.05) is 44.2 Å². The van der Waals surface area contributed by atoms with E-state index in [0.29, 0.717) is 26.2 Å². The van der Waals surface area contributed by atoms with E-state index in [-0.39, 0.29) is 29.8 Å². The van der Waals surface area contributed by atoms with E-state index in [2.05, 4.69) is 27.3 Å². The van der Waals surface area contributed by atoms with Gasteiger partial charge < -0.3 is 20.0 Å². The number of rotatable bonds is 4. The van der Waals surface area contributed by atoms with Gasteiger partial charge in [-0.15, -0.1) is 0 Å². The number of piperazine rings is 2. The summed E-state index contributed by atoms with van der Waals surface area (Å²) in [7, 11) is 0. The van der Waals surface area contributed by atoms with Crippen molar-refractivity contribution < 1.29 is 14.4 Å². The molecular weight excluding hydrogens is 382 g/mol. The molecule has 2 aliphatic heterocycles. The van der Waals surface area contributed by atoms with E-state index in [1.165, 1.54) is 4.90 Å². The monoisotopic (exact) mass is 407 g/mol. The lowest BCUT2D eigenvalue weighted by atomic mass is 10.1. The molecule has 1 unspecified atom stereocenters. The molecule has 3 heterocycles. The Morgan fingerprint density at radius 1 is 0.967 bits per heavy atom. The Kier molecular flexibility index (Phi) is 5.92. The summed E-state index contributed by atoms with van der Waals surface area (Å²) in [5.74, 6) is -0.720. The van der Waals surface area contributed by atoms with Gasteiger partial charge in [0, 0.05) is 51.2 Å². The van der Waals surface area contributed by atoms with E-state index in [1.54, 1.807) is 29.3 Å². The summed E-state index contributed by atoms with van der Waals surface area (Å²) in [6, 6.07) is 14.4. The molecule has 0 spiro atoms. The first-order valence-corrected chi connectivity index (χ1v) is 10.2. The SMILES string of the molecule is O=C1NCCN(C(=O)c2ccccn2)C1CC(=O)N1CCN(c2ccccc2)CC1. The summed E-state index contributed by atoms with van der Waals surface area (Å²) in [5.41, 5.74) is 1.42. The highest BCUT2D eigenvalue weighted by Gasteiger charge is 2.37. The number of hydrogen-bond donors (Lipinski definition) is 1. The van der Waals surface area contributed by atoms with E-state index >= 15 is 0 Å². The Bertz CT molecular complexity index is 898. The fourth-order valence-corrected chi connectivity index (χ4v) is 3.94. The highest BCUT2D eigenvalue weighted by Crippen LogP contribution is 2.18. The highest BCUT2D eigenvalue weighted by atomic mass is 16.2. The number of carbonyl (C=O) groups is 3. The molecule has 2 aromatic rings. The van der Waals surface area contributed by atoms with Gasteiger partial charge in [-0.3, -0.25) is 19.4 Å². The molecule has 1 N–H and O–H groups in total. The molecule has 2 aliphatic rings. The van der Waals surface area contributed by atoms with Crippen LogP contribution in [0.3, 0.4) is 0 Å². The molecule has 8 heteroatoms. The zero-order valence-corrected chi connectivity index (χ0v) is 16.7. The number of nitrogens with zero attached hydrogens (tertiary/aromatic N) is 4. The van der Waals surface area contributed by atoms with E-state index < -0.39 is 6.04 Å². The quantitative estimate of drug-likeness (QED) is 0.809. The van der Waals surface area contributed by atoms with Crippen molar-refractivity contribution in [2.24, 2.45) is 0 Å². The van der Waals surface area contributed by atoms with Crippen molar-refractivity contribution in [3.05, 3.63) is 60.4 Å². The van der Waals surface area contributed by atoms with Gasteiger partial charge in [0.25, 0.3) is 5.91 Å². The maximum atomic E-state index is 12.9. The number of hydrogen-bond acceptors (Lipinski definition) is 5. The van der Waals surface area contributed by atoms with Crippen molar-refractivity contribution >= 4 is 23.4 Å². The van der Waals surface area contributed by atoms with Crippen LogP contribution in [-0.4, -0.2) is 77.8 Å². The summed E-state index contributed by atoms with van der Waals surface area (Å²) >= 11 is 0. The van der Waals surface area contributed by atoms with Crippen LogP contribution >= 0.6 is 0 Å². The lowest BCUT2D eigenvalue weighted by Gasteiger charge is -2.38. The van der Waals surface area contributed by atoms with Crippen LogP contribution in [0.1, 0.15) is 16.9 Å². The van der Waals surface area contributed by atoms with Gasteiger partial charge in [0.2, 0.25) is 11.8 Å². The average Bonchev–Trinajstić information content (AvgIpc) is 2.81. The van der Waals surface area contributed by atoms with Gasteiger partial charge in [0.05, 0.1) is 6.42 Å². The minimum Gasteiger partial charge on any atom is -0.368 e. The fraction of sp³-hybridized carbons (Fsp3) is 0.364. The molecule has 4 rings (SSSR count). The molecule has 1 atom stereocenters. The zero-order valence-electron chi connectivity index (χ0n) is 16.7. The first-order valence-electron chi connectivity index (χ1n) is 10.2. The van der Waals surface area contributed by atoms with Crippen LogP contribution in [0.5, 0.6) is 0 Å². The second kappa shape index (κ2) is 8.94. The first-order chi connectivity index (χ1) is 14.6. The standard InChI is InChI=1S/C22H25N5O3/c28-20(26-14-12-25(13-15-26)17-6-2-1-3-7-17)16-19-21(29)24-10-11-27(19)22(30)18-8-4-5-9-23-18/h1-9,19H,10-16H2,(H,24,29). The number of nitrogens with one attached hydrogen (secondary N) is 1. The number of amides is 3. The molecule has 0 saturated carbocycles. The average molecular weight is 407 g/mol. The van der Waals surface area contributed by atoms with Gasteiger partial charge in [-0.2, -0.15) is 0 Å². The normalized spacial score (nSPS) is 19.4. The molecule has 0 radical (unpaired) electrons. The van der Waals surface area contributed by atoms with Crippen LogP contribution in [0.15, 0.2) is 54.7 Å². The van der Waals surface area contributed by atoms with Gasteiger partial charge in [0.15, 0.2) is 0 Å². The number of benzene rings is 1. The highest BCUT2D eigenvalue weighted by molar-refractivity contribution is 5.98. The summed E-state index contributed by atoms with van der Waals surface area (Å²) < 4.78 is 0. The predicted octanol–water partition coefficient (Wildman–Crippen LogP) is 0.761. The molecule has 1 aromatic heterocycles. The van der Waals surface area contributed by atoms with E-state index in [4.69, 9.17) is 0 Å². The van der Waals surface area contributed by atoms with Gasteiger partial charge >= 0.3 is 0 Å². The molecular formula is C22H25N5O3. The topological polar surface area (TPSA) is 85.8 Å². The molecule has 3 amide bonds. The van der Waals surface area contributed by atoms with Crippen LogP contribution in [0.2, 0.25) is 0 Å². The molecule has 2 fully saturated rings. The van der Waals surface area contributed by atoms with Crippen LogP contribution in [0, 0.1) is 0 Å². The van der Waals surface area contributed by atoms with Gasteiger partial charge in [-0.05, 0) is 24.3 Å².